The van der Waals surface area contributed by atoms with Crippen LogP contribution in [0.4, 0.5) is 0 Å². The molecule has 1 N–H and O–H groups in total. The minimum Gasteiger partial charge on any atom is -0.384 e. The zero-order chi connectivity index (χ0) is 15.0. The van der Waals surface area contributed by atoms with Crippen LogP contribution in [0.15, 0.2) is 42.6 Å². The summed E-state index contributed by atoms with van der Waals surface area (Å²) >= 11 is 1.65. The predicted octanol–water partition coefficient (Wildman–Crippen LogP) is 4.13. The third kappa shape index (κ3) is 2.87. The lowest BCUT2D eigenvalue weighted by Crippen LogP contribution is -2.23. The second kappa shape index (κ2) is 5.28. The molecule has 0 saturated carbocycles. The molecule has 1 aromatic carbocycles. The third-order valence-electron chi connectivity index (χ3n) is 3.67. The van der Waals surface area contributed by atoms with Crippen molar-refractivity contribution in [3.8, 4) is 0 Å². The maximum Gasteiger partial charge on any atom is 0.102 e. The van der Waals surface area contributed by atoms with Crippen LogP contribution in [0.2, 0.25) is 0 Å². The number of rotatable bonds is 4. The number of nitrogens with zero attached hydrogens (tertiary/aromatic N) is 2. The highest BCUT2D eigenvalue weighted by molar-refractivity contribution is 7.19. The van der Waals surface area contributed by atoms with E-state index in [0.29, 0.717) is 12.5 Å². The number of benzene rings is 1. The Kier molecular flexibility index (Phi) is 3.59. The van der Waals surface area contributed by atoms with Gasteiger partial charge in [0, 0.05) is 28.2 Å². The standard InChI is InChI=1S/C17H20N2OS/c1-12(2)19-9-8-14(18-19)11-17(3,20)16-10-13-6-4-5-7-15(13)21-16/h4-10,12,20H,11H2,1-3H3. The minimum atomic E-state index is -0.889. The Morgan fingerprint density at radius 2 is 2.05 bits per heavy atom. The lowest BCUT2D eigenvalue weighted by atomic mass is 9.98. The summed E-state index contributed by atoms with van der Waals surface area (Å²) in [4.78, 5) is 0.989. The first-order valence-electron chi connectivity index (χ1n) is 7.21. The number of thiophene rings is 1. The van der Waals surface area contributed by atoms with Gasteiger partial charge in [-0.25, -0.2) is 0 Å². The van der Waals surface area contributed by atoms with Gasteiger partial charge < -0.3 is 5.11 Å². The maximum atomic E-state index is 10.8. The van der Waals surface area contributed by atoms with Crippen LogP contribution >= 0.6 is 11.3 Å². The summed E-state index contributed by atoms with van der Waals surface area (Å²) in [6.45, 7) is 6.06. The van der Waals surface area contributed by atoms with Gasteiger partial charge in [-0.05, 0) is 44.4 Å². The van der Waals surface area contributed by atoms with Crippen LogP contribution in [0.3, 0.4) is 0 Å². The fourth-order valence-corrected chi connectivity index (χ4v) is 3.55. The summed E-state index contributed by atoms with van der Waals surface area (Å²) in [5.74, 6) is 0. The molecule has 1 unspecified atom stereocenters. The number of fused-ring (bicyclic) bond motifs is 1. The van der Waals surface area contributed by atoms with Gasteiger partial charge in [-0.15, -0.1) is 11.3 Å². The van der Waals surface area contributed by atoms with Crippen LogP contribution in [0.5, 0.6) is 0 Å². The Hall–Kier alpha value is -1.65. The van der Waals surface area contributed by atoms with Gasteiger partial charge >= 0.3 is 0 Å². The van der Waals surface area contributed by atoms with E-state index in [4.69, 9.17) is 0 Å². The Labute approximate surface area is 128 Å². The molecule has 2 aromatic heterocycles. The zero-order valence-corrected chi connectivity index (χ0v) is 13.4. The van der Waals surface area contributed by atoms with Crippen LogP contribution in [-0.4, -0.2) is 14.9 Å². The minimum absolute atomic E-state index is 0.341. The third-order valence-corrected chi connectivity index (χ3v) is 5.04. The van der Waals surface area contributed by atoms with Crippen LogP contribution in [0.25, 0.3) is 10.1 Å². The molecule has 0 radical (unpaired) electrons. The molecule has 0 amide bonds. The first-order valence-corrected chi connectivity index (χ1v) is 8.03. The van der Waals surface area contributed by atoms with Gasteiger partial charge in [0.1, 0.15) is 5.60 Å². The van der Waals surface area contributed by atoms with Crippen molar-refractivity contribution < 1.29 is 5.11 Å². The van der Waals surface area contributed by atoms with Gasteiger partial charge in [0.05, 0.1) is 5.69 Å². The molecule has 1 atom stereocenters. The van der Waals surface area contributed by atoms with Crippen LogP contribution in [-0.2, 0) is 12.0 Å². The van der Waals surface area contributed by atoms with Gasteiger partial charge in [-0.1, -0.05) is 18.2 Å². The van der Waals surface area contributed by atoms with E-state index in [-0.39, 0.29) is 0 Å². The second-order valence-corrected chi connectivity index (χ2v) is 7.06. The normalized spacial score (nSPS) is 14.7. The van der Waals surface area contributed by atoms with Gasteiger partial charge in [-0.2, -0.15) is 5.10 Å². The SMILES string of the molecule is CC(C)n1ccc(CC(C)(O)c2cc3ccccc3s2)n1. The summed E-state index contributed by atoms with van der Waals surface area (Å²) in [6.07, 6.45) is 2.50. The first-order chi connectivity index (χ1) is 9.95. The van der Waals surface area contributed by atoms with E-state index >= 15 is 0 Å². The lowest BCUT2D eigenvalue weighted by molar-refractivity contribution is 0.0603. The molecule has 0 saturated heterocycles. The molecule has 3 nitrogen and oxygen atoms in total. The van der Waals surface area contributed by atoms with Gasteiger partial charge in [0.2, 0.25) is 0 Å². The summed E-state index contributed by atoms with van der Waals surface area (Å²) in [7, 11) is 0. The van der Waals surface area contributed by atoms with E-state index in [1.54, 1.807) is 11.3 Å². The molecular formula is C17H20N2OS. The van der Waals surface area contributed by atoms with Crippen LogP contribution < -0.4 is 0 Å². The average molecular weight is 300 g/mol. The van der Waals surface area contributed by atoms with Crippen molar-refractivity contribution in [1.29, 1.82) is 0 Å². The van der Waals surface area contributed by atoms with Crippen LogP contribution in [0, 0.1) is 0 Å². The van der Waals surface area contributed by atoms with Crippen molar-refractivity contribution in [3.63, 3.8) is 0 Å². The smallest absolute Gasteiger partial charge is 0.102 e. The molecule has 0 aliphatic rings. The number of hydrogen-bond donors (Lipinski definition) is 1. The molecule has 0 aliphatic carbocycles. The molecule has 3 aromatic rings. The molecule has 0 aliphatic heterocycles. The highest BCUT2D eigenvalue weighted by Gasteiger charge is 2.27. The van der Waals surface area contributed by atoms with E-state index in [1.165, 1.54) is 10.1 Å². The summed E-state index contributed by atoms with van der Waals surface area (Å²) < 4.78 is 3.14. The largest absolute Gasteiger partial charge is 0.384 e. The summed E-state index contributed by atoms with van der Waals surface area (Å²) in [5, 5.41) is 16.6. The molecule has 2 heterocycles. The van der Waals surface area contributed by atoms with E-state index < -0.39 is 5.60 Å². The van der Waals surface area contributed by atoms with Crippen molar-refractivity contribution in [2.75, 3.05) is 0 Å². The maximum absolute atomic E-state index is 10.8. The molecule has 4 heteroatoms. The lowest BCUT2D eigenvalue weighted by Gasteiger charge is -2.20. The summed E-state index contributed by atoms with van der Waals surface area (Å²) in [5.41, 5.74) is 0.0333. The highest BCUT2D eigenvalue weighted by atomic mass is 32.1. The number of aliphatic hydroxyl groups is 1. The Morgan fingerprint density at radius 3 is 2.71 bits per heavy atom. The van der Waals surface area contributed by atoms with E-state index in [0.717, 1.165) is 10.6 Å². The molecule has 21 heavy (non-hydrogen) atoms. The molecule has 0 fully saturated rings. The molecule has 110 valence electrons. The van der Waals surface area contributed by atoms with Crippen LogP contribution in [0.1, 0.15) is 37.4 Å². The number of hydrogen-bond acceptors (Lipinski definition) is 3. The molecule has 0 bridgehead atoms. The van der Waals surface area contributed by atoms with Crippen molar-refractivity contribution in [1.82, 2.24) is 9.78 Å². The Bertz CT molecular complexity index is 722. The predicted molar refractivity (Wildman–Crippen MR) is 87.7 cm³/mol. The van der Waals surface area contributed by atoms with Gasteiger partial charge in [0.25, 0.3) is 0 Å². The van der Waals surface area contributed by atoms with Crippen molar-refractivity contribution >= 4 is 21.4 Å². The highest BCUT2D eigenvalue weighted by Crippen LogP contribution is 2.34. The van der Waals surface area contributed by atoms with E-state index in [1.807, 2.05) is 36.0 Å². The fraction of sp³-hybridized carbons (Fsp3) is 0.353. The monoisotopic (exact) mass is 300 g/mol. The Balaban J connectivity index is 1.88. The van der Waals surface area contributed by atoms with Crippen molar-refractivity contribution in [3.05, 3.63) is 53.2 Å². The van der Waals surface area contributed by atoms with Gasteiger partial charge in [0.15, 0.2) is 0 Å². The zero-order valence-electron chi connectivity index (χ0n) is 12.6. The molecule has 0 spiro atoms. The van der Waals surface area contributed by atoms with E-state index in [2.05, 4.69) is 37.1 Å². The quantitative estimate of drug-likeness (QED) is 0.786. The van der Waals surface area contributed by atoms with Gasteiger partial charge in [-0.3, -0.25) is 4.68 Å². The van der Waals surface area contributed by atoms with E-state index in [9.17, 15) is 5.11 Å². The fourth-order valence-electron chi connectivity index (χ4n) is 2.45. The second-order valence-electron chi connectivity index (χ2n) is 5.98. The molecule has 3 rings (SSSR count). The average Bonchev–Trinajstić information content (AvgIpc) is 3.04. The Morgan fingerprint density at radius 1 is 1.29 bits per heavy atom. The first kappa shape index (κ1) is 14.3. The van der Waals surface area contributed by atoms with Crippen molar-refractivity contribution in [2.24, 2.45) is 0 Å². The topological polar surface area (TPSA) is 38.0 Å². The molecular weight excluding hydrogens is 280 g/mol. The summed E-state index contributed by atoms with van der Waals surface area (Å²) in [6, 6.07) is 12.6. The van der Waals surface area contributed by atoms with Crippen molar-refractivity contribution in [2.45, 2.75) is 38.8 Å². The number of aromatic nitrogens is 2.